The Hall–Kier alpha value is -2.69. The molecule has 182 valence electrons. The maximum Gasteiger partial charge on any atom is 0.290 e. The van der Waals surface area contributed by atoms with Gasteiger partial charge in [-0.3, -0.25) is 14.9 Å². The zero-order valence-electron chi connectivity index (χ0n) is 19.1. The van der Waals surface area contributed by atoms with Crippen molar-refractivity contribution < 1.29 is 14.0 Å². The number of carbonyl (C=O) groups is 2. The van der Waals surface area contributed by atoms with E-state index in [4.69, 9.17) is 0 Å². The first-order valence-electron chi connectivity index (χ1n) is 11.7. The number of carbonyl (C=O) groups excluding carboxylic acids is 2. The highest BCUT2D eigenvalue weighted by molar-refractivity contribution is 8.18. The molecule has 1 aromatic carbocycles. The Balaban J connectivity index is 1.14. The number of allylic oxidation sites excluding steroid dienone is 1. The minimum Gasteiger partial charge on any atom is -0.341 e. The van der Waals surface area contributed by atoms with Crippen LogP contribution in [0.4, 0.5) is 15.1 Å². The summed E-state index contributed by atoms with van der Waals surface area (Å²) in [6.45, 7) is 3.03. The molecule has 2 N–H and O–H groups in total. The van der Waals surface area contributed by atoms with E-state index in [1.807, 2.05) is 6.07 Å². The molecule has 35 heavy (non-hydrogen) atoms. The van der Waals surface area contributed by atoms with Gasteiger partial charge >= 0.3 is 0 Å². The second-order valence-corrected chi connectivity index (χ2v) is 10.7. The van der Waals surface area contributed by atoms with Crippen LogP contribution in [-0.2, 0) is 11.3 Å². The van der Waals surface area contributed by atoms with Gasteiger partial charge in [0, 0.05) is 43.1 Å². The summed E-state index contributed by atoms with van der Waals surface area (Å²) < 4.78 is 14.6. The van der Waals surface area contributed by atoms with Crippen LogP contribution in [0.25, 0.3) is 6.08 Å². The number of hydrogen-bond donors (Lipinski definition) is 2. The van der Waals surface area contributed by atoms with Crippen molar-refractivity contribution in [2.45, 2.75) is 25.3 Å². The summed E-state index contributed by atoms with van der Waals surface area (Å²) in [5.74, 6) is 1.84. The molecule has 2 saturated heterocycles. The standard InChI is InChI=1S/C25H26FN5O2S2/c26-21-3-1-2-19(17-7-11-34-15-17)20(21)14-27-13-16-5-9-31(10-6-16)24-28-8-4-18(29-24)12-22-23(32)30-25(33)35-22/h1-4,7-8,11-12,16-17,27H,5-6,9-10,13-15H2,(H,30,32,33)/b22-12-. The van der Waals surface area contributed by atoms with Crippen molar-refractivity contribution in [2.24, 2.45) is 5.92 Å². The van der Waals surface area contributed by atoms with Crippen LogP contribution in [-0.4, -0.2) is 46.5 Å². The van der Waals surface area contributed by atoms with Crippen LogP contribution >= 0.6 is 23.5 Å². The van der Waals surface area contributed by atoms with Gasteiger partial charge < -0.3 is 10.2 Å². The number of amides is 2. The van der Waals surface area contributed by atoms with Crippen molar-refractivity contribution in [3.63, 3.8) is 0 Å². The van der Waals surface area contributed by atoms with E-state index in [1.165, 1.54) is 0 Å². The first-order chi connectivity index (χ1) is 17.1. The molecule has 2 fully saturated rings. The molecule has 4 heterocycles. The molecular formula is C25H26FN5O2S2. The third-order valence-electron chi connectivity index (χ3n) is 6.46. The van der Waals surface area contributed by atoms with Gasteiger partial charge in [0.15, 0.2) is 0 Å². The predicted molar refractivity (Wildman–Crippen MR) is 139 cm³/mol. The van der Waals surface area contributed by atoms with E-state index in [0.29, 0.717) is 29.0 Å². The van der Waals surface area contributed by atoms with Crippen molar-refractivity contribution in [2.75, 3.05) is 30.3 Å². The third-order valence-corrected chi connectivity index (χ3v) is 8.17. The highest BCUT2D eigenvalue weighted by Crippen LogP contribution is 2.32. The van der Waals surface area contributed by atoms with Crippen LogP contribution in [0.1, 0.15) is 35.6 Å². The van der Waals surface area contributed by atoms with Crippen LogP contribution in [0, 0.1) is 11.7 Å². The summed E-state index contributed by atoms with van der Waals surface area (Å²) in [5, 5.41) is 7.47. The maximum absolute atomic E-state index is 14.6. The number of rotatable bonds is 7. The van der Waals surface area contributed by atoms with Crippen molar-refractivity contribution in [3.8, 4) is 0 Å². The molecule has 5 rings (SSSR count). The number of piperidine rings is 1. The van der Waals surface area contributed by atoms with Crippen molar-refractivity contribution >= 4 is 46.7 Å². The molecule has 2 amide bonds. The molecule has 1 aromatic heterocycles. The highest BCUT2D eigenvalue weighted by Gasteiger charge is 2.26. The van der Waals surface area contributed by atoms with Crippen LogP contribution in [0.15, 0.2) is 46.9 Å². The molecule has 0 bridgehead atoms. The number of thioether (sulfide) groups is 2. The number of hydrogen-bond acceptors (Lipinski definition) is 8. The zero-order chi connectivity index (χ0) is 24.2. The molecule has 10 heteroatoms. The molecule has 3 aliphatic heterocycles. The number of aromatic nitrogens is 2. The van der Waals surface area contributed by atoms with Gasteiger partial charge in [0.1, 0.15) is 5.82 Å². The van der Waals surface area contributed by atoms with Crippen LogP contribution < -0.4 is 15.5 Å². The molecule has 7 nitrogen and oxygen atoms in total. The summed E-state index contributed by atoms with van der Waals surface area (Å²) >= 11 is 2.65. The van der Waals surface area contributed by atoms with Crippen molar-refractivity contribution in [3.05, 3.63) is 69.5 Å². The first-order valence-corrected chi connectivity index (χ1v) is 13.5. The maximum atomic E-state index is 14.6. The topological polar surface area (TPSA) is 87.2 Å². The summed E-state index contributed by atoms with van der Waals surface area (Å²) in [6.07, 6.45) is 7.42. The number of benzene rings is 1. The highest BCUT2D eigenvalue weighted by atomic mass is 32.2. The average molecular weight is 512 g/mol. The minimum atomic E-state index is -0.394. The van der Waals surface area contributed by atoms with E-state index in [0.717, 1.165) is 61.1 Å². The molecule has 1 atom stereocenters. The van der Waals surface area contributed by atoms with E-state index in [9.17, 15) is 14.0 Å². The fourth-order valence-corrected chi connectivity index (χ4v) is 6.13. The number of halogens is 1. The zero-order valence-corrected chi connectivity index (χ0v) is 20.7. The van der Waals surface area contributed by atoms with Gasteiger partial charge in [0.25, 0.3) is 11.1 Å². The van der Waals surface area contributed by atoms with Gasteiger partial charge in [-0.1, -0.05) is 18.2 Å². The molecule has 1 unspecified atom stereocenters. The number of nitrogens with zero attached hydrogens (tertiary/aromatic N) is 3. The lowest BCUT2D eigenvalue weighted by Gasteiger charge is -2.32. The van der Waals surface area contributed by atoms with E-state index in [-0.39, 0.29) is 17.0 Å². The Morgan fingerprint density at radius 2 is 2.09 bits per heavy atom. The summed E-state index contributed by atoms with van der Waals surface area (Å²) in [4.78, 5) is 34.6. The van der Waals surface area contributed by atoms with Gasteiger partial charge in [0.2, 0.25) is 5.95 Å². The normalized spacial score (nSPS) is 21.8. The smallest absolute Gasteiger partial charge is 0.290 e. The lowest BCUT2D eigenvalue weighted by molar-refractivity contribution is -0.115. The molecule has 0 aliphatic carbocycles. The number of anilines is 1. The molecule has 2 aromatic rings. The number of nitrogens with one attached hydrogen (secondary N) is 2. The molecular weight excluding hydrogens is 485 g/mol. The van der Waals surface area contributed by atoms with E-state index >= 15 is 0 Å². The minimum absolute atomic E-state index is 0.139. The second kappa shape index (κ2) is 10.9. The first kappa shape index (κ1) is 24.0. The lowest BCUT2D eigenvalue weighted by atomic mass is 9.94. The van der Waals surface area contributed by atoms with Gasteiger partial charge in [0.05, 0.1) is 10.6 Å². The molecule has 0 spiro atoms. The Kier molecular flexibility index (Phi) is 7.50. The van der Waals surface area contributed by atoms with Gasteiger partial charge in [-0.2, -0.15) is 0 Å². The largest absolute Gasteiger partial charge is 0.341 e. The third kappa shape index (κ3) is 5.76. The average Bonchev–Trinajstić information content (AvgIpc) is 3.50. The van der Waals surface area contributed by atoms with Crippen molar-refractivity contribution in [1.82, 2.24) is 20.6 Å². The number of imide groups is 1. The van der Waals surface area contributed by atoms with E-state index < -0.39 is 5.91 Å². The predicted octanol–water partition coefficient (Wildman–Crippen LogP) is 4.29. The quantitative estimate of drug-likeness (QED) is 0.533. The SMILES string of the molecule is O=C1NC(=O)/C(=C/c2ccnc(N3CCC(CNCc4c(F)cccc4C4C=CSC4)CC3)n2)S1. The fourth-order valence-electron chi connectivity index (χ4n) is 4.56. The summed E-state index contributed by atoms with van der Waals surface area (Å²) in [6, 6.07) is 7.11. The van der Waals surface area contributed by atoms with Crippen molar-refractivity contribution in [1.29, 1.82) is 0 Å². The second-order valence-electron chi connectivity index (χ2n) is 8.77. The van der Waals surface area contributed by atoms with Crippen LogP contribution in [0.5, 0.6) is 0 Å². The Labute approximate surface area is 212 Å². The Morgan fingerprint density at radius 1 is 1.23 bits per heavy atom. The van der Waals surface area contributed by atoms with Gasteiger partial charge in [-0.05, 0) is 66.2 Å². The molecule has 0 saturated carbocycles. The van der Waals surface area contributed by atoms with Crippen LogP contribution in [0.2, 0.25) is 0 Å². The van der Waals surface area contributed by atoms with Crippen LogP contribution in [0.3, 0.4) is 0 Å². The fraction of sp³-hybridized carbons (Fsp3) is 0.360. The Morgan fingerprint density at radius 3 is 2.83 bits per heavy atom. The summed E-state index contributed by atoms with van der Waals surface area (Å²) in [7, 11) is 0. The monoisotopic (exact) mass is 511 g/mol. The lowest BCUT2D eigenvalue weighted by Crippen LogP contribution is -2.38. The molecule has 0 radical (unpaired) electrons. The van der Waals surface area contributed by atoms with E-state index in [1.54, 1.807) is 42.2 Å². The van der Waals surface area contributed by atoms with Gasteiger partial charge in [-0.25, -0.2) is 14.4 Å². The molecule has 3 aliphatic rings. The Bertz CT molecular complexity index is 1180. The van der Waals surface area contributed by atoms with Gasteiger partial charge in [-0.15, -0.1) is 11.8 Å². The van der Waals surface area contributed by atoms with E-state index in [2.05, 4.69) is 37.0 Å². The summed E-state index contributed by atoms with van der Waals surface area (Å²) in [5.41, 5.74) is 2.46.